The van der Waals surface area contributed by atoms with E-state index in [0.717, 1.165) is 23.0 Å². The van der Waals surface area contributed by atoms with E-state index in [-0.39, 0.29) is 0 Å². The monoisotopic (exact) mass is 176 g/mol. The zero-order valence-corrected chi connectivity index (χ0v) is 7.78. The number of rotatable bonds is 1. The van der Waals surface area contributed by atoms with Crippen LogP contribution in [0.5, 0.6) is 5.75 Å². The molecule has 0 amide bonds. The molecule has 0 radical (unpaired) electrons. The first-order chi connectivity index (χ1) is 6.22. The second-order valence-electron chi connectivity index (χ2n) is 3.13. The topological polar surface area (TPSA) is 38.1 Å². The quantitative estimate of drug-likeness (QED) is 0.720. The molecule has 0 saturated carbocycles. The van der Waals surface area contributed by atoms with Gasteiger partial charge in [-0.2, -0.15) is 5.10 Å². The maximum atomic E-state index is 9.32. The lowest BCUT2D eigenvalue weighted by Gasteiger charge is -1.96. The first kappa shape index (κ1) is 8.10. The Morgan fingerprint density at radius 3 is 2.92 bits per heavy atom. The van der Waals surface area contributed by atoms with Crippen LogP contribution in [0.3, 0.4) is 0 Å². The second-order valence-corrected chi connectivity index (χ2v) is 3.13. The standard InChI is InChI=1S/C10H12N2O/c1-3-10-8-6-7(13)4-5-9(8)11-12(10)2/h4-6,13H,3H2,1-2H3. The molecule has 2 rings (SSSR count). The van der Waals surface area contributed by atoms with Crippen molar-refractivity contribution in [2.45, 2.75) is 13.3 Å². The third-order valence-electron chi connectivity index (χ3n) is 2.27. The fourth-order valence-corrected chi connectivity index (χ4v) is 1.66. The predicted molar refractivity (Wildman–Crippen MR) is 51.8 cm³/mol. The minimum Gasteiger partial charge on any atom is -0.508 e. The van der Waals surface area contributed by atoms with E-state index in [1.807, 2.05) is 17.8 Å². The molecule has 1 aromatic carbocycles. The van der Waals surface area contributed by atoms with E-state index in [2.05, 4.69) is 12.0 Å². The highest BCUT2D eigenvalue weighted by molar-refractivity contribution is 5.82. The summed E-state index contributed by atoms with van der Waals surface area (Å²) in [5.41, 5.74) is 2.10. The van der Waals surface area contributed by atoms with Gasteiger partial charge >= 0.3 is 0 Å². The minimum atomic E-state index is 0.301. The van der Waals surface area contributed by atoms with E-state index in [9.17, 15) is 5.11 Å². The Kier molecular flexibility index (Phi) is 1.72. The van der Waals surface area contributed by atoms with Gasteiger partial charge < -0.3 is 5.11 Å². The van der Waals surface area contributed by atoms with E-state index in [1.54, 1.807) is 12.1 Å². The fraction of sp³-hybridized carbons (Fsp3) is 0.300. The van der Waals surface area contributed by atoms with Crippen molar-refractivity contribution in [2.24, 2.45) is 7.05 Å². The number of fused-ring (bicyclic) bond motifs is 1. The number of phenolic OH excluding ortho intramolecular Hbond substituents is 1. The van der Waals surface area contributed by atoms with E-state index >= 15 is 0 Å². The van der Waals surface area contributed by atoms with Crippen LogP contribution >= 0.6 is 0 Å². The molecule has 13 heavy (non-hydrogen) atoms. The lowest BCUT2D eigenvalue weighted by molar-refractivity contribution is 0.476. The van der Waals surface area contributed by atoms with E-state index in [0.29, 0.717) is 5.75 Å². The van der Waals surface area contributed by atoms with Gasteiger partial charge in [0.15, 0.2) is 0 Å². The fourth-order valence-electron chi connectivity index (χ4n) is 1.66. The van der Waals surface area contributed by atoms with E-state index < -0.39 is 0 Å². The Bertz CT molecular complexity index is 445. The van der Waals surface area contributed by atoms with Crippen molar-refractivity contribution in [3.05, 3.63) is 23.9 Å². The van der Waals surface area contributed by atoms with Crippen molar-refractivity contribution in [1.29, 1.82) is 0 Å². The maximum Gasteiger partial charge on any atom is 0.116 e. The van der Waals surface area contributed by atoms with Gasteiger partial charge in [0.05, 0.1) is 5.52 Å². The maximum absolute atomic E-state index is 9.32. The van der Waals surface area contributed by atoms with Gasteiger partial charge in [0.1, 0.15) is 5.75 Å². The Morgan fingerprint density at radius 1 is 1.46 bits per heavy atom. The molecule has 0 bridgehead atoms. The highest BCUT2D eigenvalue weighted by Crippen LogP contribution is 2.22. The summed E-state index contributed by atoms with van der Waals surface area (Å²) in [6.07, 6.45) is 0.927. The number of phenols is 1. The van der Waals surface area contributed by atoms with Crippen LogP contribution in [0.4, 0.5) is 0 Å². The molecule has 0 saturated heterocycles. The SMILES string of the molecule is CCc1c2cc(O)ccc2nn1C. The number of hydrogen-bond acceptors (Lipinski definition) is 2. The van der Waals surface area contributed by atoms with E-state index in [1.165, 1.54) is 0 Å². The average Bonchev–Trinajstić information content (AvgIpc) is 2.40. The Balaban J connectivity index is 2.80. The van der Waals surface area contributed by atoms with Crippen molar-refractivity contribution >= 4 is 10.9 Å². The van der Waals surface area contributed by atoms with Gasteiger partial charge in [0.25, 0.3) is 0 Å². The molecule has 0 atom stereocenters. The van der Waals surface area contributed by atoms with Crippen LogP contribution in [-0.4, -0.2) is 14.9 Å². The number of nitrogens with zero attached hydrogens (tertiary/aromatic N) is 2. The van der Waals surface area contributed by atoms with Crippen LogP contribution in [0.1, 0.15) is 12.6 Å². The lowest BCUT2D eigenvalue weighted by atomic mass is 10.2. The predicted octanol–water partition coefficient (Wildman–Crippen LogP) is 1.84. The van der Waals surface area contributed by atoms with Gasteiger partial charge in [0.2, 0.25) is 0 Å². The van der Waals surface area contributed by atoms with Gasteiger partial charge in [-0.15, -0.1) is 0 Å². The molecule has 2 aromatic rings. The van der Waals surface area contributed by atoms with Crippen LogP contribution in [0, 0.1) is 0 Å². The second kappa shape index (κ2) is 2.76. The molecule has 0 spiro atoms. The zero-order valence-electron chi connectivity index (χ0n) is 7.78. The summed E-state index contributed by atoms with van der Waals surface area (Å²) in [5.74, 6) is 0.301. The van der Waals surface area contributed by atoms with Gasteiger partial charge in [-0.3, -0.25) is 4.68 Å². The lowest BCUT2D eigenvalue weighted by Crippen LogP contribution is -1.95. The van der Waals surface area contributed by atoms with Crippen molar-refractivity contribution in [3.63, 3.8) is 0 Å². The average molecular weight is 176 g/mol. The minimum absolute atomic E-state index is 0.301. The molecule has 1 N–H and O–H groups in total. The molecular weight excluding hydrogens is 164 g/mol. The van der Waals surface area contributed by atoms with Crippen LogP contribution in [0.15, 0.2) is 18.2 Å². The van der Waals surface area contributed by atoms with Crippen LogP contribution in [0.25, 0.3) is 10.9 Å². The van der Waals surface area contributed by atoms with Crippen molar-refractivity contribution < 1.29 is 5.11 Å². The molecule has 68 valence electrons. The number of aryl methyl sites for hydroxylation is 2. The highest BCUT2D eigenvalue weighted by atomic mass is 16.3. The van der Waals surface area contributed by atoms with Crippen LogP contribution in [-0.2, 0) is 13.5 Å². The van der Waals surface area contributed by atoms with Gasteiger partial charge in [-0.25, -0.2) is 0 Å². The summed E-state index contributed by atoms with van der Waals surface area (Å²) in [5, 5.41) is 14.7. The largest absolute Gasteiger partial charge is 0.508 e. The normalized spacial score (nSPS) is 10.9. The van der Waals surface area contributed by atoms with Crippen molar-refractivity contribution in [3.8, 4) is 5.75 Å². The summed E-state index contributed by atoms with van der Waals surface area (Å²) in [6, 6.07) is 5.26. The third-order valence-corrected chi connectivity index (χ3v) is 2.27. The molecule has 1 heterocycles. The smallest absolute Gasteiger partial charge is 0.116 e. The molecule has 1 aromatic heterocycles. The summed E-state index contributed by atoms with van der Waals surface area (Å²) < 4.78 is 1.87. The summed E-state index contributed by atoms with van der Waals surface area (Å²) in [6.45, 7) is 2.08. The summed E-state index contributed by atoms with van der Waals surface area (Å²) in [7, 11) is 1.93. The highest BCUT2D eigenvalue weighted by Gasteiger charge is 2.06. The molecule has 0 aliphatic heterocycles. The molecule has 3 nitrogen and oxygen atoms in total. The molecule has 0 aliphatic rings. The van der Waals surface area contributed by atoms with Gasteiger partial charge in [0, 0.05) is 18.1 Å². The molecule has 0 fully saturated rings. The van der Waals surface area contributed by atoms with Gasteiger partial charge in [-0.05, 0) is 24.6 Å². The van der Waals surface area contributed by atoms with Crippen molar-refractivity contribution in [1.82, 2.24) is 9.78 Å². The zero-order chi connectivity index (χ0) is 9.42. The van der Waals surface area contributed by atoms with Crippen molar-refractivity contribution in [2.75, 3.05) is 0 Å². The van der Waals surface area contributed by atoms with Crippen LogP contribution in [0.2, 0.25) is 0 Å². The van der Waals surface area contributed by atoms with E-state index in [4.69, 9.17) is 0 Å². The number of aromatic hydroxyl groups is 1. The Hall–Kier alpha value is -1.51. The third kappa shape index (κ3) is 1.16. The summed E-state index contributed by atoms with van der Waals surface area (Å²) >= 11 is 0. The Morgan fingerprint density at radius 2 is 2.23 bits per heavy atom. The number of hydrogen-bond donors (Lipinski definition) is 1. The number of aromatic nitrogens is 2. The summed E-state index contributed by atoms with van der Waals surface area (Å²) in [4.78, 5) is 0. The van der Waals surface area contributed by atoms with Gasteiger partial charge in [-0.1, -0.05) is 6.92 Å². The first-order valence-electron chi connectivity index (χ1n) is 4.37. The van der Waals surface area contributed by atoms with Crippen LogP contribution < -0.4 is 0 Å². The molecule has 3 heteroatoms. The molecular formula is C10H12N2O. The first-order valence-corrected chi connectivity index (χ1v) is 4.37. The Labute approximate surface area is 76.6 Å². The molecule has 0 aliphatic carbocycles. The number of benzene rings is 1. The molecule has 0 unspecified atom stereocenters.